The lowest BCUT2D eigenvalue weighted by atomic mass is 9.89. The van der Waals surface area contributed by atoms with Gasteiger partial charge in [0.05, 0.1) is 12.0 Å². The number of ether oxygens (including phenoxy) is 1. The number of alkyl halides is 1. The molecule has 14 heavy (non-hydrogen) atoms. The van der Waals surface area contributed by atoms with Crippen molar-refractivity contribution in [1.29, 1.82) is 0 Å². The number of halogens is 1. The molecule has 0 aromatic rings. The quantitative estimate of drug-likeness (QED) is 0.623. The van der Waals surface area contributed by atoms with Crippen LogP contribution in [0, 0.1) is 5.92 Å². The van der Waals surface area contributed by atoms with E-state index >= 15 is 0 Å². The summed E-state index contributed by atoms with van der Waals surface area (Å²) in [6.45, 7) is 0.112. The van der Waals surface area contributed by atoms with E-state index in [1.165, 1.54) is 6.42 Å². The third-order valence-corrected chi connectivity index (χ3v) is 3.28. The Bertz CT molecular complexity index is 178. The van der Waals surface area contributed by atoms with Crippen molar-refractivity contribution in [2.75, 3.05) is 11.9 Å². The Balaban J connectivity index is 2.19. The van der Waals surface area contributed by atoms with Gasteiger partial charge in [-0.3, -0.25) is 4.79 Å². The van der Waals surface area contributed by atoms with E-state index in [0.717, 1.165) is 25.7 Å². The van der Waals surface area contributed by atoms with Crippen molar-refractivity contribution >= 4 is 21.9 Å². The first-order chi connectivity index (χ1) is 6.74. The summed E-state index contributed by atoms with van der Waals surface area (Å²) in [5, 5.41) is 9.63. The molecule has 0 bridgehead atoms. The van der Waals surface area contributed by atoms with E-state index in [2.05, 4.69) is 15.9 Å². The SMILES string of the molecule is O=C(OCC(O)CBr)C1CCCCC1. The first-order valence-electron chi connectivity index (χ1n) is 5.14. The van der Waals surface area contributed by atoms with Gasteiger partial charge in [0, 0.05) is 5.33 Å². The van der Waals surface area contributed by atoms with Crippen molar-refractivity contribution in [2.24, 2.45) is 5.92 Å². The summed E-state index contributed by atoms with van der Waals surface area (Å²) in [5.41, 5.74) is 0. The molecule has 1 rings (SSSR count). The standard InChI is InChI=1S/C10H17BrO3/c11-6-9(12)7-14-10(13)8-4-2-1-3-5-8/h8-9,12H,1-7H2. The van der Waals surface area contributed by atoms with Crippen LogP contribution in [0.5, 0.6) is 0 Å². The lowest BCUT2D eigenvalue weighted by Gasteiger charge is -2.20. The molecule has 1 aliphatic rings. The summed E-state index contributed by atoms with van der Waals surface area (Å²) < 4.78 is 5.02. The number of aliphatic hydroxyl groups excluding tert-OH is 1. The fourth-order valence-corrected chi connectivity index (χ4v) is 1.87. The van der Waals surface area contributed by atoms with Crippen LogP contribution in [0.3, 0.4) is 0 Å². The van der Waals surface area contributed by atoms with Crippen LogP contribution in [-0.4, -0.2) is 29.1 Å². The molecule has 1 fully saturated rings. The second-order valence-electron chi connectivity index (χ2n) is 3.77. The van der Waals surface area contributed by atoms with Gasteiger partial charge in [0.1, 0.15) is 6.61 Å². The van der Waals surface area contributed by atoms with E-state index in [4.69, 9.17) is 4.74 Å². The second kappa shape index (κ2) is 6.40. The summed E-state index contributed by atoms with van der Waals surface area (Å²) in [4.78, 5) is 11.5. The number of esters is 1. The van der Waals surface area contributed by atoms with E-state index in [0.29, 0.717) is 5.33 Å². The maximum absolute atomic E-state index is 11.5. The normalized spacial score (nSPS) is 20.4. The predicted octanol–water partition coefficient (Wildman–Crippen LogP) is 1.87. The van der Waals surface area contributed by atoms with E-state index in [-0.39, 0.29) is 18.5 Å². The molecule has 1 atom stereocenters. The molecule has 0 aromatic carbocycles. The van der Waals surface area contributed by atoms with E-state index < -0.39 is 6.10 Å². The molecule has 1 unspecified atom stereocenters. The molecule has 0 spiro atoms. The molecule has 0 radical (unpaired) electrons. The molecule has 4 heteroatoms. The molecule has 0 aromatic heterocycles. The predicted molar refractivity (Wildman–Crippen MR) is 57.3 cm³/mol. The van der Waals surface area contributed by atoms with Gasteiger partial charge in [-0.2, -0.15) is 0 Å². The maximum atomic E-state index is 11.5. The Hall–Kier alpha value is -0.0900. The Kier molecular flexibility index (Phi) is 5.48. The number of carbonyl (C=O) groups is 1. The summed E-state index contributed by atoms with van der Waals surface area (Å²) in [6.07, 6.45) is 4.80. The van der Waals surface area contributed by atoms with Gasteiger partial charge in [-0.25, -0.2) is 0 Å². The fraction of sp³-hybridized carbons (Fsp3) is 0.900. The number of rotatable bonds is 4. The van der Waals surface area contributed by atoms with Crippen molar-refractivity contribution in [3.8, 4) is 0 Å². The Labute approximate surface area is 93.0 Å². The second-order valence-corrected chi connectivity index (χ2v) is 4.42. The van der Waals surface area contributed by atoms with Crippen LogP contribution in [0.25, 0.3) is 0 Å². The highest BCUT2D eigenvalue weighted by Gasteiger charge is 2.22. The van der Waals surface area contributed by atoms with Gasteiger partial charge in [0.2, 0.25) is 0 Å². The summed E-state index contributed by atoms with van der Waals surface area (Å²) in [6, 6.07) is 0. The third kappa shape index (κ3) is 3.96. The zero-order chi connectivity index (χ0) is 10.4. The van der Waals surface area contributed by atoms with Crippen LogP contribution >= 0.6 is 15.9 Å². The van der Waals surface area contributed by atoms with E-state index in [1.807, 2.05) is 0 Å². The number of hydrogen-bond donors (Lipinski definition) is 1. The van der Waals surface area contributed by atoms with Gasteiger partial charge in [-0.1, -0.05) is 35.2 Å². The molecular weight excluding hydrogens is 248 g/mol. The minimum atomic E-state index is -0.581. The lowest BCUT2D eigenvalue weighted by molar-refractivity contribution is -0.152. The van der Waals surface area contributed by atoms with Crippen LogP contribution in [0.15, 0.2) is 0 Å². The van der Waals surface area contributed by atoms with Gasteiger partial charge < -0.3 is 9.84 Å². The van der Waals surface area contributed by atoms with Gasteiger partial charge in [-0.15, -0.1) is 0 Å². The molecule has 82 valence electrons. The van der Waals surface area contributed by atoms with Gasteiger partial charge in [-0.05, 0) is 12.8 Å². The van der Waals surface area contributed by atoms with Crippen molar-refractivity contribution in [2.45, 2.75) is 38.2 Å². The molecule has 0 amide bonds. The fourth-order valence-electron chi connectivity index (χ4n) is 1.68. The number of carbonyl (C=O) groups excluding carboxylic acids is 1. The van der Waals surface area contributed by atoms with Crippen LogP contribution < -0.4 is 0 Å². The van der Waals surface area contributed by atoms with Crippen molar-refractivity contribution in [1.82, 2.24) is 0 Å². The smallest absolute Gasteiger partial charge is 0.309 e. The number of aliphatic hydroxyl groups is 1. The van der Waals surface area contributed by atoms with Crippen molar-refractivity contribution in [3.05, 3.63) is 0 Å². The molecular formula is C10H17BrO3. The van der Waals surface area contributed by atoms with E-state index in [1.54, 1.807) is 0 Å². The molecule has 0 aliphatic heterocycles. The first kappa shape index (κ1) is 12.0. The van der Waals surface area contributed by atoms with Crippen LogP contribution in [0.2, 0.25) is 0 Å². The summed E-state index contributed by atoms with van der Waals surface area (Å²) in [5.74, 6) is -0.0593. The zero-order valence-corrected chi connectivity index (χ0v) is 9.83. The molecule has 1 N–H and O–H groups in total. The average Bonchev–Trinajstić information content (AvgIpc) is 2.26. The van der Waals surface area contributed by atoms with Gasteiger partial charge in [0.15, 0.2) is 0 Å². The highest BCUT2D eigenvalue weighted by Crippen LogP contribution is 2.24. The highest BCUT2D eigenvalue weighted by atomic mass is 79.9. The molecule has 1 aliphatic carbocycles. The Morgan fingerprint density at radius 3 is 2.64 bits per heavy atom. The van der Waals surface area contributed by atoms with Gasteiger partial charge >= 0.3 is 5.97 Å². The third-order valence-electron chi connectivity index (χ3n) is 2.53. The average molecular weight is 265 g/mol. The molecule has 0 heterocycles. The monoisotopic (exact) mass is 264 g/mol. The van der Waals surface area contributed by atoms with Crippen molar-refractivity contribution < 1.29 is 14.6 Å². The topological polar surface area (TPSA) is 46.5 Å². The summed E-state index contributed by atoms with van der Waals surface area (Å²) in [7, 11) is 0. The minimum Gasteiger partial charge on any atom is -0.463 e. The summed E-state index contributed by atoms with van der Waals surface area (Å²) >= 11 is 3.12. The molecule has 0 saturated heterocycles. The van der Waals surface area contributed by atoms with E-state index in [9.17, 15) is 9.90 Å². The first-order valence-corrected chi connectivity index (χ1v) is 6.27. The van der Waals surface area contributed by atoms with Crippen LogP contribution in [0.1, 0.15) is 32.1 Å². The molecule has 3 nitrogen and oxygen atoms in total. The van der Waals surface area contributed by atoms with Crippen molar-refractivity contribution in [3.63, 3.8) is 0 Å². The highest BCUT2D eigenvalue weighted by molar-refractivity contribution is 9.09. The van der Waals surface area contributed by atoms with Crippen LogP contribution in [0.4, 0.5) is 0 Å². The number of hydrogen-bond acceptors (Lipinski definition) is 3. The minimum absolute atomic E-state index is 0.0753. The maximum Gasteiger partial charge on any atom is 0.309 e. The zero-order valence-electron chi connectivity index (χ0n) is 8.25. The molecule has 1 saturated carbocycles. The van der Waals surface area contributed by atoms with Gasteiger partial charge in [0.25, 0.3) is 0 Å². The Morgan fingerprint density at radius 1 is 1.43 bits per heavy atom. The van der Waals surface area contributed by atoms with Crippen LogP contribution in [-0.2, 0) is 9.53 Å². The lowest BCUT2D eigenvalue weighted by Crippen LogP contribution is -2.25. The largest absolute Gasteiger partial charge is 0.463 e. The Morgan fingerprint density at radius 2 is 2.07 bits per heavy atom.